The van der Waals surface area contributed by atoms with E-state index in [1.807, 2.05) is 0 Å². The third-order valence-corrected chi connectivity index (χ3v) is 12.9. The van der Waals surface area contributed by atoms with Crippen molar-refractivity contribution in [1.82, 2.24) is 4.90 Å². The molecule has 2 fully saturated rings. The SMILES string of the molecule is C=CCO[C@@]12Oc3ccc(OC(=O)Nc4ccc(OC)cc4OC)cc3[C@H]3[C@H](CCCCO)[C@@H](CCCCO)C=C(C(=NOC4CCCCO4)C[C@@H]1N(C)C(=O)Oc1ccc([N+](=O)[O-])cc1)[C@H]32. The minimum Gasteiger partial charge on any atom is -0.497 e. The Kier molecular flexibility index (Phi) is 16.4. The van der Waals surface area contributed by atoms with E-state index in [2.05, 4.69) is 18.0 Å². The summed E-state index contributed by atoms with van der Waals surface area (Å²) in [6, 6.07) is 14.4. The number of unbranched alkanes of at least 4 members (excludes halogenated alkanes) is 2. The van der Waals surface area contributed by atoms with Gasteiger partial charge in [0.25, 0.3) is 5.69 Å². The minimum atomic E-state index is -1.60. The molecule has 360 valence electrons. The summed E-state index contributed by atoms with van der Waals surface area (Å²) in [5, 5.41) is 38.9. The van der Waals surface area contributed by atoms with E-state index in [0.717, 1.165) is 36.8 Å². The number of rotatable bonds is 20. The quantitative estimate of drug-likeness (QED) is 0.0419. The maximum atomic E-state index is 14.3. The summed E-state index contributed by atoms with van der Waals surface area (Å²) < 4.78 is 42.6. The summed E-state index contributed by atoms with van der Waals surface area (Å²) in [7, 11) is 4.59. The summed E-state index contributed by atoms with van der Waals surface area (Å²) in [6.45, 7) is 4.57. The van der Waals surface area contributed by atoms with Gasteiger partial charge in [-0.05, 0) is 98.4 Å². The molecule has 3 aromatic carbocycles. The summed E-state index contributed by atoms with van der Waals surface area (Å²) in [4.78, 5) is 46.3. The molecule has 7 atom stereocenters. The Morgan fingerprint density at radius 3 is 2.40 bits per heavy atom. The van der Waals surface area contributed by atoms with Gasteiger partial charge in [-0.3, -0.25) is 15.4 Å². The van der Waals surface area contributed by atoms with Crippen LogP contribution >= 0.6 is 0 Å². The molecule has 1 unspecified atom stereocenters. The third-order valence-electron chi connectivity index (χ3n) is 12.9. The lowest BCUT2D eigenvalue weighted by atomic mass is 9.55. The average molecular weight is 929 g/mol. The van der Waals surface area contributed by atoms with Crippen LogP contribution in [0.25, 0.3) is 0 Å². The normalized spacial score (nSPS) is 24.4. The monoisotopic (exact) mass is 928 g/mol. The van der Waals surface area contributed by atoms with Crippen molar-refractivity contribution in [1.29, 1.82) is 0 Å². The van der Waals surface area contributed by atoms with Crippen LogP contribution in [-0.4, -0.2) is 104 Å². The molecule has 7 rings (SSSR count). The Bertz CT molecular complexity index is 2280. The number of nitrogens with zero attached hydrogens (tertiary/aromatic N) is 3. The molecular weight excluding hydrogens is 869 g/mol. The fourth-order valence-corrected chi connectivity index (χ4v) is 9.79. The predicted octanol–water partition coefficient (Wildman–Crippen LogP) is 8.51. The number of non-ortho nitro benzene ring substituents is 1. The molecule has 2 aliphatic carbocycles. The summed E-state index contributed by atoms with van der Waals surface area (Å²) in [5.74, 6) is -1.17. The zero-order valence-corrected chi connectivity index (χ0v) is 38.1. The number of methoxy groups -OCH3 is 2. The highest BCUT2D eigenvalue weighted by Gasteiger charge is 2.65. The van der Waals surface area contributed by atoms with Crippen LogP contribution in [0.3, 0.4) is 0 Å². The number of fused-ring (bicyclic) bond motifs is 2. The van der Waals surface area contributed by atoms with Crippen LogP contribution in [0.4, 0.5) is 21.0 Å². The topological polar surface area (TPSA) is 219 Å². The van der Waals surface area contributed by atoms with Crippen molar-refractivity contribution < 1.29 is 62.7 Å². The molecule has 0 radical (unpaired) electrons. The van der Waals surface area contributed by atoms with Crippen LogP contribution in [-0.2, 0) is 14.3 Å². The minimum absolute atomic E-state index is 0.0103. The third kappa shape index (κ3) is 11.0. The van der Waals surface area contributed by atoms with E-state index >= 15 is 0 Å². The lowest BCUT2D eigenvalue weighted by Gasteiger charge is -2.59. The number of carbonyl (C=O) groups excluding carboxylic acids is 2. The second-order valence-corrected chi connectivity index (χ2v) is 17.0. The zero-order chi connectivity index (χ0) is 47.5. The molecule has 0 bridgehead atoms. The van der Waals surface area contributed by atoms with Crippen molar-refractivity contribution in [3.05, 3.63) is 101 Å². The van der Waals surface area contributed by atoms with Gasteiger partial charge in [-0.2, -0.15) is 0 Å². The van der Waals surface area contributed by atoms with E-state index in [4.69, 9.17) is 43.2 Å². The van der Waals surface area contributed by atoms with Gasteiger partial charge in [0, 0.05) is 62.8 Å². The summed E-state index contributed by atoms with van der Waals surface area (Å²) >= 11 is 0. The van der Waals surface area contributed by atoms with Gasteiger partial charge in [0.1, 0.15) is 34.8 Å². The highest BCUT2D eigenvalue weighted by Crippen LogP contribution is 2.62. The number of benzene rings is 3. The van der Waals surface area contributed by atoms with Crippen LogP contribution in [0.5, 0.6) is 28.7 Å². The van der Waals surface area contributed by atoms with Gasteiger partial charge in [0.05, 0.1) is 49.7 Å². The lowest BCUT2D eigenvalue weighted by molar-refractivity contribution is -0.384. The molecule has 2 heterocycles. The number of nitro groups is 1. The van der Waals surface area contributed by atoms with Gasteiger partial charge in [0.15, 0.2) is 0 Å². The first-order valence-corrected chi connectivity index (χ1v) is 22.8. The Hall–Kier alpha value is -6.21. The number of amides is 2. The van der Waals surface area contributed by atoms with E-state index in [9.17, 15) is 29.9 Å². The summed E-state index contributed by atoms with van der Waals surface area (Å²) in [6.07, 6.45) is 8.24. The maximum Gasteiger partial charge on any atom is 0.417 e. The highest BCUT2D eigenvalue weighted by atomic mass is 16.8. The first-order chi connectivity index (χ1) is 32.5. The van der Waals surface area contributed by atoms with Gasteiger partial charge in [0.2, 0.25) is 12.1 Å². The van der Waals surface area contributed by atoms with Crippen molar-refractivity contribution in [3.8, 4) is 28.7 Å². The van der Waals surface area contributed by atoms with Crippen molar-refractivity contribution >= 4 is 29.3 Å². The molecule has 18 heteroatoms. The van der Waals surface area contributed by atoms with Gasteiger partial charge in [-0.15, -0.1) is 6.58 Å². The number of carbonyl (C=O) groups is 2. The highest BCUT2D eigenvalue weighted by molar-refractivity contribution is 6.03. The Labute approximate surface area is 389 Å². The Morgan fingerprint density at radius 1 is 0.970 bits per heavy atom. The largest absolute Gasteiger partial charge is 0.497 e. The van der Waals surface area contributed by atoms with Crippen molar-refractivity contribution in [2.45, 2.75) is 88.2 Å². The standard InChI is InChI=1S/C49H60N4O14/c1-5-25-63-49-43(52(2)48(57)65-33-17-15-32(16-18-33)53(58)59)30-40(51-67-44-14-8-11-26-62-44)37-27-31(12-6-9-23-54)36(13-7-10-24-55)45(46(37)49)38-28-35(20-22-41(38)66-49)64-47(56)50-39-21-19-34(60-3)29-42(39)61-4/h5,15-22,27-29,31,36,43-46,54-55H,1,6-14,23-26,30H2,2-4H3,(H,50,56)/t31-,36+,43-,44?,45+,46+,49+/m0/s1. The number of anilines is 1. The zero-order valence-electron chi connectivity index (χ0n) is 38.1. The second kappa shape index (κ2) is 22.5. The van der Waals surface area contributed by atoms with E-state index < -0.39 is 47.1 Å². The second-order valence-electron chi connectivity index (χ2n) is 17.0. The van der Waals surface area contributed by atoms with Crippen LogP contribution in [0.2, 0.25) is 0 Å². The number of oxime groups is 1. The van der Waals surface area contributed by atoms with Crippen molar-refractivity contribution in [2.24, 2.45) is 22.9 Å². The van der Waals surface area contributed by atoms with Crippen molar-refractivity contribution in [2.75, 3.05) is 53.0 Å². The maximum absolute atomic E-state index is 14.3. The molecule has 67 heavy (non-hydrogen) atoms. The molecule has 2 amide bonds. The molecule has 1 saturated carbocycles. The smallest absolute Gasteiger partial charge is 0.417 e. The first kappa shape index (κ1) is 48.7. The Morgan fingerprint density at radius 2 is 1.72 bits per heavy atom. The number of nitro benzene ring substituents is 1. The predicted molar refractivity (Wildman–Crippen MR) is 246 cm³/mol. The van der Waals surface area contributed by atoms with Gasteiger partial charge < -0.3 is 53.1 Å². The van der Waals surface area contributed by atoms with E-state index in [1.165, 1.54) is 43.4 Å². The van der Waals surface area contributed by atoms with E-state index in [-0.39, 0.29) is 55.3 Å². The fourth-order valence-electron chi connectivity index (χ4n) is 9.79. The first-order valence-electron chi connectivity index (χ1n) is 22.8. The van der Waals surface area contributed by atoms with Gasteiger partial charge >= 0.3 is 12.2 Å². The molecular formula is C49H60N4O14. The number of nitrogens with one attached hydrogen (secondary N) is 1. The van der Waals surface area contributed by atoms with Gasteiger partial charge in [-0.25, -0.2) is 9.59 Å². The van der Waals surface area contributed by atoms with E-state index in [1.54, 1.807) is 49.5 Å². The number of aliphatic hydroxyl groups excluding tert-OH is 2. The molecule has 18 nitrogen and oxygen atoms in total. The van der Waals surface area contributed by atoms with Gasteiger partial charge in [-0.1, -0.05) is 30.1 Å². The van der Waals surface area contributed by atoms with Crippen molar-refractivity contribution in [3.63, 3.8) is 0 Å². The molecule has 3 N–H and O–H groups in total. The Balaban J connectivity index is 1.35. The fraction of sp³-hybridized carbons (Fsp3) is 0.490. The number of ether oxygens (including phenoxy) is 7. The lowest BCUT2D eigenvalue weighted by Crippen LogP contribution is -2.69. The number of hydrogen-bond donors (Lipinski definition) is 3. The van der Waals surface area contributed by atoms with Crippen LogP contribution in [0.15, 0.2) is 90.1 Å². The summed E-state index contributed by atoms with van der Waals surface area (Å²) in [5.41, 5.74) is 2.29. The van der Waals surface area contributed by atoms with Crippen LogP contribution in [0, 0.1) is 27.9 Å². The average Bonchev–Trinajstić information content (AvgIpc) is 3.34. The number of allylic oxidation sites excluding steroid dienone is 1. The molecule has 4 aliphatic rings. The van der Waals surface area contributed by atoms with Crippen LogP contribution in [0.1, 0.15) is 75.7 Å². The number of aliphatic hydroxyl groups is 2. The number of likely N-dealkylation sites (N-methyl/N-ethyl adjacent to an activating group) is 1. The molecule has 2 aliphatic heterocycles. The molecule has 0 spiro atoms. The number of hydrogen-bond acceptors (Lipinski definition) is 15. The molecule has 0 aromatic heterocycles. The van der Waals surface area contributed by atoms with E-state index in [0.29, 0.717) is 67.4 Å². The van der Waals surface area contributed by atoms with Crippen LogP contribution < -0.4 is 29.0 Å². The molecule has 1 saturated heterocycles. The molecule has 3 aromatic rings.